The van der Waals surface area contributed by atoms with Gasteiger partial charge in [0.1, 0.15) is 11.6 Å². The highest BCUT2D eigenvalue weighted by atomic mass is 19.1. The summed E-state index contributed by atoms with van der Waals surface area (Å²) >= 11 is 0. The second-order valence-electron chi connectivity index (χ2n) is 5.94. The van der Waals surface area contributed by atoms with E-state index in [1.54, 1.807) is 16.7 Å². The lowest BCUT2D eigenvalue weighted by atomic mass is 10.2. The molecule has 1 aliphatic heterocycles. The van der Waals surface area contributed by atoms with Gasteiger partial charge in [0.25, 0.3) is 0 Å². The van der Waals surface area contributed by atoms with Crippen LogP contribution in [-0.4, -0.2) is 26.3 Å². The molecule has 0 atom stereocenters. The molecule has 22 heavy (non-hydrogen) atoms. The molecule has 2 heterocycles. The Morgan fingerprint density at radius 3 is 2.77 bits per heavy atom. The first-order valence-corrected chi connectivity index (χ1v) is 7.73. The largest absolute Gasteiger partial charge is 0.347 e. The lowest BCUT2D eigenvalue weighted by Crippen LogP contribution is -2.31. The zero-order valence-corrected chi connectivity index (χ0v) is 12.8. The van der Waals surface area contributed by atoms with Crippen LogP contribution in [-0.2, 0) is 26.2 Å². The first kappa shape index (κ1) is 15.0. The summed E-state index contributed by atoms with van der Waals surface area (Å²) in [6.07, 6.45) is 4.18. The zero-order valence-electron chi connectivity index (χ0n) is 12.8. The molecule has 0 bridgehead atoms. The van der Waals surface area contributed by atoms with Crippen LogP contribution in [0.3, 0.4) is 0 Å². The van der Waals surface area contributed by atoms with Crippen molar-refractivity contribution < 1.29 is 4.39 Å². The van der Waals surface area contributed by atoms with Crippen LogP contribution in [0.2, 0.25) is 0 Å². The van der Waals surface area contributed by atoms with Crippen LogP contribution >= 0.6 is 0 Å². The summed E-state index contributed by atoms with van der Waals surface area (Å²) < 4.78 is 16.3. The van der Waals surface area contributed by atoms with Crippen molar-refractivity contribution in [3.05, 3.63) is 52.0 Å². The van der Waals surface area contributed by atoms with Crippen LogP contribution in [0.25, 0.3) is 0 Å². The maximum atomic E-state index is 12.9. The molecular weight excluding hydrogens is 283 g/mol. The standard InChI is InChI=1S/C16H21FN4O/c1-19(11-13-6-8-14(17)9-7-13)12-21-16(22)20-10-4-2-3-5-15(20)18-21/h6-9H,2-5,10-12H2,1H3. The Labute approximate surface area is 129 Å². The van der Waals surface area contributed by atoms with Crippen LogP contribution < -0.4 is 5.69 Å². The van der Waals surface area contributed by atoms with Crippen LogP contribution in [0, 0.1) is 5.82 Å². The van der Waals surface area contributed by atoms with Gasteiger partial charge in [0.05, 0.1) is 6.67 Å². The molecule has 5 nitrogen and oxygen atoms in total. The van der Waals surface area contributed by atoms with Crippen molar-refractivity contribution in [2.24, 2.45) is 0 Å². The van der Waals surface area contributed by atoms with Crippen molar-refractivity contribution in [2.75, 3.05) is 7.05 Å². The topological polar surface area (TPSA) is 43.1 Å². The van der Waals surface area contributed by atoms with Crippen molar-refractivity contribution in [3.8, 4) is 0 Å². The van der Waals surface area contributed by atoms with Gasteiger partial charge < -0.3 is 0 Å². The molecular formula is C16H21FN4O. The van der Waals surface area contributed by atoms with Gasteiger partial charge in [-0.3, -0.25) is 9.47 Å². The Bertz CT molecular complexity index is 689. The minimum atomic E-state index is -0.236. The summed E-state index contributed by atoms with van der Waals surface area (Å²) in [5.74, 6) is 0.665. The molecule has 118 valence electrons. The second kappa shape index (κ2) is 6.44. The average Bonchev–Trinajstić information content (AvgIpc) is 2.67. The first-order chi connectivity index (χ1) is 10.6. The fourth-order valence-electron chi connectivity index (χ4n) is 2.90. The van der Waals surface area contributed by atoms with Crippen LogP contribution in [0.15, 0.2) is 29.1 Å². The Morgan fingerprint density at radius 1 is 1.23 bits per heavy atom. The number of fused-ring (bicyclic) bond motifs is 1. The third kappa shape index (κ3) is 3.27. The predicted molar refractivity (Wildman–Crippen MR) is 81.9 cm³/mol. The van der Waals surface area contributed by atoms with E-state index >= 15 is 0 Å². The first-order valence-electron chi connectivity index (χ1n) is 7.73. The number of hydrogen-bond acceptors (Lipinski definition) is 3. The molecule has 0 fully saturated rings. The normalized spacial score (nSPS) is 14.9. The maximum absolute atomic E-state index is 12.9. The van der Waals surface area contributed by atoms with Gasteiger partial charge in [-0.05, 0) is 37.6 Å². The van der Waals surface area contributed by atoms with Crippen molar-refractivity contribution in [3.63, 3.8) is 0 Å². The van der Waals surface area contributed by atoms with Gasteiger partial charge in [-0.25, -0.2) is 9.18 Å². The Kier molecular flexibility index (Phi) is 4.38. The van der Waals surface area contributed by atoms with E-state index in [9.17, 15) is 9.18 Å². The smallest absolute Gasteiger partial charge is 0.283 e. The van der Waals surface area contributed by atoms with Crippen LogP contribution in [0.4, 0.5) is 4.39 Å². The van der Waals surface area contributed by atoms with E-state index in [4.69, 9.17) is 0 Å². The highest BCUT2D eigenvalue weighted by Crippen LogP contribution is 2.11. The van der Waals surface area contributed by atoms with E-state index in [2.05, 4.69) is 5.10 Å². The molecule has 0 amide bonds. The summed E-state index contributed by atoms with van der Waals surface area (Å²) in [4.78, 5) is 14.4. The SMILES string of the molecule is CN(Cc1ccc(F)cc1)Cn1nc2n(c1=O)CCCCC2. The molecule has 0 radical (unpaired) electrons. The highest BCUT2D eigenvalue weighted by molar-refractivity contribution is 5.15. The fourth-order valence-corrected chi connectivity index (χ4v) is 2.90. The minimum Gasteiger partial charge on any atom is -0.283 e. The van der Waals surface area contributed by atoms with Gasteiger partial charge >= 0.3 is 5.69 Å². The third-order valence-corrected chi connectivity index (χ3v) is 4.02. The number of hydrogen-bond donors (Lipinski definition) is 0. The molecule has 1 aromatic heterocycles. The van der Waals surface area contributed by atoms with Gasteiger partial charge in [0, 0.05) is 19.5 Å². The van der Waals surface area contributed by atoms with E-state index in [1.165, 1.54) is 16.8 Å². The van der Waals surface area contributed by atoms with Gasteiger partial charge in [-0.1, -0.05) is 18.6 Å². The maximum Gasteiger partial charge on any atom is 0.347 e. The van der Waals surface area contributed by atoms with E-state index < -0.39 is 0 Å². The summed E-state index contributed by atoms with van der Waals surface area (Å²) in [5.41, 5.74) is 0.987. The molecule has 0 aliphatic carbocycles. The average molecular weight is 304 g/mol. The van der Waals surface area contributed by atoms with Crippen molar-refractivity contribution >= 4 is 0 Å². The van der Waals surface area contributed by atoms with Gasteiger partial charge in [-0.2, -0.15) is 9.78 Å². The molecule has 1 aliphatic rings. The molecule has 0 N–H and O–H groups in total. The number of benzene rings is 1. The predicted octanol–water partition coefficient (Wildman–Crippen LogP) is 2.00. The van der Waals surface area contributed by atoms with Crippen molar-refractivity contribution in [1.82, 2.24) is 19.2 Å². The van der Waals surface area contributed by atoms with Gasteiger partial charge in [0.15, 0.2) is 0 Å². The second-order valence-corrected chi connectivity index (χ2v) is 5.94. The summed E-state index contributed by atoms with van der Waals surface area (Å²) in [6, 6.07) is 6.43. The van der Waals surface area contributed by atoms with Gasteiger partial charge in [-0.15, -0.1) is 0 Å². The van der Waals surface area contributed by atoms with Gasteiger partial charge in [0.2, 0.25) is 0 Å². The monoisotopic (exact) mass is 304 g/mol. The summed E-state index contributed by atoms with van der Waals surface area (Å²) in [7, 11) is 1.93. The van der Waals surface area contributed by atoms with E-state index in [-0.39, 0.29) is 11.5 Å². The van der Waals surface area contributed by atoms with Crippen LogP contribution in [0.1, 0.15) is 30.7 Å². The van der Waals surface area contributed by atoms with E-state index in [0.717, 1.165) is 43.6 Å². The molecule has 6 heteroatoms. The lowest BCUT2D eigenvalue weighted by Gasteiger charge is -2.15. The molecule has 2 aromatic rings. The fraction of sp³-hybridized carbons (Fsp3) is 0.500. The zero-order chi connectivity index (χ0) is 15.5. The molecule has 0 spiro atoms. The Hall–Kier alpha value is -1.95. The number of halogens is 1. The molecule has 0 saturated heterocycles. The van der Waals surface area contributed by atoms with E-state index in [1.807, 2.05) is 11.9 Å². The molecule has 0 unspecified atom stereocenters. The number of aryl methyl sites for hydroxylation is 1. The Balaban J connectivity index is 1.70. The number of rotatable bonds is 4. The quantitative estimate of drug-likeness (QED) is 0.868. The molecule has 0 saturated carbocycles. The van der Waals surface area contributed by atoms with Crippen molar-refractivity contribution in [2.45, 2.75) is 45.4 Å². The summed E-state index contributed by atoms with van der Waals surface area (Å²) in [6.45, 7) is 1.86. The number of aromatic nitrogens is 3. The molecule has 3 rings (SSSR count). The molecule has 1 aromatic carbocycles. The summed E-state index contributed by atoms with van der Waals surface area (Å²) in [5, 5.41) is 4.47. The highest BCUT2D eigenvalue weighted by Gasteiger charge is 2.16. The minimum absolute atomic E-state index is 0.0251. The van der Waals surface area contributed by atoms with Crippen molar-refractivity contribution in [1.29, 1.82) is 0 Å². The number of nitrogens with zero attached hydrogens (tertiary/aromatic N) is 4. The van der Waals surface area contributed by atoms with E-state index in [0.29, 0.717) is 13.2 Å². The third-order valence-electron chi connectivity index (χ3n) is 4.02. The Morgan fingerprint density at radius 2 is 2.00 bits per heavy atom. The lowest BCUT2D eigenvalue weighted by molar-refractivity contribution is 0.240. The van der Waals surface area contributed by atoms with Crippen LogP contribution in [0.5, 0.6) is 0 Å².